The first-order valence-corrected chi connectivity index (χ1v) is 19.1. The number of hydrogen-bond acceptors (Lipinski definition) is 4. The highest BCUT2D eigenvalue weighted by atomic mass is 16.3. The lowest BCUT2D eigenvalue weighted by Crippen LogP contribution is -2.06. The smallest absolute Gasteiger partial charge is 0.238 e. The topological polar surface area (TPSA) is 61.7 Å². The minimum Gasteiger partial charge on any atom is -0.455 e. The summed E-state index contributed by atoms with van der Waals surface area (Å²) in [5, 5.41) is 6.69. The summed E-state index contributed by atoms with van der Waals surface area (Å²) in [5.41, 5.74) is 10.8. The summed E-state index contributed by atoms with van der Waals surface area (Å²) in [4.78, 5) is 15.8. The van der Waals surface area contributed by atoms with E-state index in [1.54, 1.807) is 0 Å². The van der Waals surface area contributed by atoms with Crippen molar-refractivity contribution in [2.45, 2.75) is 0 Å². The van der Waals surface area contributed by atoms with Gasteiger partial charge in [0.05, 0.1) is 33.0 Å². The Morgan fingerprint density at radius 2 is 0.947 bits per heavy atom. The Balaban J connectivity index is 1.15. The Bertz CT molecular complexity index is 3470. The van der Waals surface area contributed by atoms with Crippen molar-refractivity contribution in [3.63, 3.8) is 0 Å². The molecule has 0 spiro atoms. The molecule has 12 aromatic rings. The van der Waals surface area contributed by atoms with Gasteiger partial charge >= 0.3 is 0 Å². The third-order valence-corrected chi connectivity index (χ3v) is 11.2. The van der Waals surface area contributed by atoms with Crippen LogP contribution in [0.4, 0.5) is 0 Å². The fourth-order valence-electron chi connectivity index (χ4n) is 8.68. The molecule has 12 rings (SSSR count). The maximum atomic E-state index is 6.91. The standard InChI is InChI=1S/C51H31N5O/c1-3-15-32(16-4-1)33-17-13-18-34(31-33)49-52-50(54-51(53-49)56-43-27-11-7-21-36(43)37-22-8-12-28-44(37)56)41-25-14-24-40-46-45(57-48(40)41)30-29-39-38-23-9-10-26-42(38)55(47(39)46)35-19-5-2-6-20-35/h1-31H. The Hall–Kier alpha value is -7.83. The van der Waals surface area contributed by atoms with Gasteiger partial charge in [0.1, 0.15) is 11.2 Å². The molecule has 0 aliphatic rings. The Labute approximate surface area is 326 Å². The van der Waals surface area contributed by atoms with E-state index in [1.807, 2.05) is 6.07 Å². The quantitative estimate of drug-likeness (QED) is 0.177. The molecule has 0 N–H and O–H groups in total. The lowest BCUT2D eigenvalue weighted by Gasteiger charge is -2.12. The van der Waals surface area contributed by atoms with Gasteiger partial charge in [-0.05, 0) is 65.7 Å². The second-order valence-corrected chi connectivity index (χ2v) is 14.4. The number of para-hydroxylation sites is 5. The van der Waals surface area contributed by atoms with Gasteiger partial charge in [0.25, 0.3) is 0 Å². The van der Waals surface area contributed by atoms with Crippen LogP contribution in [-0.4, -0.2) is 24.1 Å². The van der Waals surface area contributed by atoms with E-state index in [2.05, 4.69) is 191 Å². The number of rotatable bonds is 5. The highest BCUT2D eigenvalue weighted by molar-refractivity contribution is 6.25. The maximum absolute atomic E-state index is 6.91. The highest BCUT2D eigenvalue weighted by Crippen LogP contribution is 2.43. The molecule has 0 saturated carbocycles. The van der Waals surface area contributed by atoms with Gasteiger partial charge in [-0.3, -0.25) is 4.57 Å². The molecule has 0 aliphatic carbocycles. The largest absolute Gasteiger partial charge is 0.455 e. The molecule has 6 heteroatoms. The SMILES string of the molecule is c1ccc(-c2cccc(-c3nc(-c4cccc5c4oc4ccc6c7ccccc7n(-c7ccccc7)c6c45)nc(-n4c5ccccc5c5ccccc54)n3)c2)cc1. The number of hydrogen-bond donors (Lipinski definition) is 0. The van der Waals surface area contributed by atoms with Crippen LogP contribution in [-0.2, 0) is 0 Å². The third kappa shape index (κ3) is 4.81. The zero-order valence-corrected chi connectivity index (χ0v) is 30.5. The van der Waals surface area contributed by atoms with Gasteiger partial charge in [-0.15, -0.1) is 0 Å². The molecule has 0 aliphatic heterocycles. The molecule has 0 fully saturated rings. The van der Waals surface area contributed by atoms with Gasteiger partial charge in [-0.1, -0.05) is 133 Å². The second kappa shape index (κ2) is 12.3. The van der Waals surface area contributed by atoms with E-state index in [9.17, 15) is 0 Å². The fraction of sp³-hybridized carbons (Fsp3) is 0. The van der Waals surface area contributed by atoms with Gasteiger partial charge in [-0.25, -0.2) is 4.98 Å². The molecule has 0 amide bonds. The van der Waals surface area contributed by atoms with Crippen LogP contribution < -0.4 is 0 Å². The van der Waals surface area contributed by atoms with Crippen molar-refractivity contribution in [2.75, 3.05) is 0 Å². The molecule has 8 aromatic carbocycles. The van der Waals surface area contributed by atoms with Gasteiger partial charge in [-0.2, -0.15) is 9.97 Å². The Morgan fingerprint density at radius 1 is 0.386 bits per heavy atom. The molecule has 6 nitrogen and oxygen atoms in total. The lowest BCUT2D eigenvalue weighted by molar-refractivity contribution is 0.669. The molecule has 0 radical (unpaired) electrons. The van der Waals surface area contributed by atoms with Crippen LogP contribution in [0.15, 0.2) is 192 Å². The van der Waals surface area contributed by atoms with Crippen molar-refractivity contribution in [1.29, 1.82) is 0 Å². The lowest BCUT2D eigenvalue weighted by atomic mass is 10.0. The van der Waals surface area contributed by atoms with Crippen LogP contribution in [0.5, 0.6) is 0 Å². The minimum atomic E-state index is 0.534. The van der Waals surface area contributed by atoms with Crippen molar-refractivity contribution < 1.29 is 4.42 Å². The molecule has 0 atom stereocenters. The molecule has 57 heavy (non-hydrogen) atoms. The number of furan rings is 1. The minimum absolute atomic E-state index is 0.534. The van der Waals surface area contributed by atoms with Gasteiger partial charge in [0.15, 0.2) is 11.6 Å². The number of aromatic nitrogens is 5. The van der Waals surface area contributed by atoms with Crippen molar-refractivity contribution in [3.8, 4) is 45.5 Å². The van der Waals surface area contributed by atoms with Crippen LogP contribution in [0.1, 0.15) is 0 Å². The highest BCUT2D eigenvalue weighted by Gasteiger charge is 2.23. The summed E-state index contributed by atoms with van der Waals surface area (Å²) in [6.45, 7) is 0. The van der Waals surface area contributed by atoms with Crippen molar-refractivity contribution in [2.24, 2.45) is 0 Å². The molecule has 266 valence electrons. The summed E-state index contributed by atoms with van der Waals surface area (Å²) in [6, 6.07) is 65.4. The average Bonchev–Trinajstić information content (AvgIpc) is 3.95. The van der Waals surface area contributed by atoms with Crippen molar-refractivity contribution in [3.05, 3.63) is 188 Å². The molecule has 4 heterocycles. The zero-order valence-electron chi connectivity index (χ0n) is 30.5. The second-order valence-electron chi connectivity index (χ2n) is 14.4. The molecule has 0 bridgehead atoms. The monoisotopic (exact) mass is 729 g/mol. The zero-order chi connectivity index (χ0) is 37.5. The molecule has 0 saturated heterocycles. The maximum Gasteiger partial charge on any atom is 0.238 e. The van der Waals surface area contributed by atoms with Crippen molar-refractivity contribution in [1.82, 2.24) is 24.1 Å². The summed E-state index contributed by atoms with van der Waals surface area (Å²) in [5.74, 6) is 1.65. The van der Waals surface area contributed by atoms with Crippen LogP contribution in [0.25, 0.3) is 111 Å². The van der Waals surface area contributed by atoms with E-state index < -0.39 is 0 Å². The van der Waals surface area contributed by atoms with Crippen LogP contribution in [0.3, 0.4) is 0 Å². The summed E-state index contributed by atoms with van der Waals surface area (Å²) in [7, 11) is 0. The fourth-order valence-corrected chi connectivity index (χ4v) is 8.68. The first-order chi connectivity index (χ1) is 28.3. The molecule has 0 unspecified atom stereocenters. The predicted octanol–water partition coefficient (Wildman–Crippen LogP) is 13.0. The molecule has 4 aromatic heterocycles. The first-order valence-electron chi connectivity index (χ1n) is 19.1. The first kappa shape index (κ1) is 31.5. The normalized spacial score (nSPS) is 11.9. The van der Waals surface area contributed by atoms with Crippen LogP contribution >= 0.6 is 0 Å². The van der Waals surface area contributed by atoms with E-state index in [4.69, 9.17) is 19.4 Å². The summed E-state index contributed by atoms with van der Waals surface area (Å²) >= 11 is 0. The average molecular weight is 730 g/mol. The number of fused-ring (bicyclic) bond motifs is 10. The number of nitrogens with zero attached hydrogens (tertiary/aromatic N) is 5. The molecular weight excluding hydrogens is 699 g/mol. The van der Waals surface area contributed by atoms with Gasteiger partial charge in [0, 0.05) is 38.2 Å². The van der Waals surface area contributed by atoms with Crippen LogP contribution in [0.2, 0.25) is 0 Å². The van der Waals surface area contributed by atoms with E-state index in [1.165, 1.54) is 10.8 Å². The van der Waals surface area contributed by atoms with E-state index in [0.717, 1.165) is 82.7 Å². The van der Waals surface area contributed by atoms with E-state index >= 15 is 0 Å². The molecular formula is C51H31N5O. The summed E-state index contributed by atoms with van der Waals surface area (Å²) in [6.07, 6.45) is 0. The Kier molecular flexibility index (Phi) is 6.83. The predicted molar refractivity (Wildman–Crippen MR) is 232 cm³/mol. The van der Waals surface area contributed by atoms with Crippen molar-refractivity contribution >= 4 is 65.6 Å². The van der Waals surface area contributed by atoms with Gasteiger partial charge in [0.2, 0.25) is 5.95 Å². The van der Waals surface area contributed by atoms with E-state index in [-0.39, 0.29) is 0 Å². The van der Waals surface area contributed by atoms with E-state index in [0.29, 0.717) is 17.6 Å². The third-order valence-electron chi connectivity index (χ3n) is 11.2. The summed E-state index contributed by atoms with van der Waals surface area (Å²) < 4.78 is 11.4. The number of benzene rings is 8. The Morgan fingerprint density at radius 3 is 1.68 bits per heavy atom. The van der Waals surface area contributed by atoms with Crippen LogP contribution in [0, 0.1) is 0 Å². The van der Waals surface area contributed by atoms with Gasteiger partial charge < -0.3 is 8.98 Å².